The Kier molecular flexibility index (Phi) is 6.90. The molecular weight excluding hydrogens is 397 g/mol. The maximum absolute atomic E-state index is 13.2. The standard InChI is InChI=1S/C20H22FN5O2.ClH/c21-16-2-1-3-18(9-16)27-13-28-19-8-14(10-24-20(19)22)15-11-25-26(12-15)17-4-6-23-7-5-17;/h1-3,8-12,17,23H,4-7,13H2,(H2,22,24);1H. The van der Waals surface area contributed by atoms with Gasteiger partial charge >= 0.3 is 0 Å². The lowest BCUT2D eigenvalue weighted by Crippen LogP contribution is -2.29. The molecule has 3 N–H and O–H groups in total. The molecule has 4 rings (SSSR count). The molecule has 0 atom stereocenters. The number of anilines is 1. The Hall–Kier alpha value is -2.84. The number of nitrogens with zero attached hydrogens (tertiary/aromatic N) is 3. The Labute approximate surface area is 174 Å². The Balaban J connectivity index is 0.00000240. The number of hydrogen-bond acceptors (Lipinski definition) is 6. The summed E-state index contributed by atoms with van der Waals surface area (Å²) >= 11 is 0. The summed E-state index contributed by atoms with van der Waals surface area (Å²) in [5, 5.41) is 7.86. The molecule has 7 nitrogen and oxygen atoms in total. The van der Waals surface area contributed by atoms with Crippen LogP contribution >= 0.6 is 12.4 Å². The van der Waals surface area contributed by atoms with E-state index in [0.29, 0.717) is 17.5 Å². The fraction of sp³-hybridized carbons (Fsp3) is 0.300. The highest BCUT2D eigenvalue weighted by Crippen LogP contribution is 2.28. The highest BCUT2D eigenvalue weighted by atomic mass is 35.5. The van der Waals surface area contributed by atoms with Crippen molar-refractivity contribution in [1.29, 1.82) is 0 Å². The van der Waals surface area contributed by atoms with Gasteiger partial charge in [0, 0.05) is 29.6 Å². The normalized spacial score (nSPS) is 14.2. The first-order valence-corrected chi connectivity index (χ1v) is 9.21. The van der Waals surface area contributed by atoms with Crippen LogP contribution in [0.5, 0.6) is 11.5 Å². The number of nitrogens with one attached hydrogen (secondary N) is 1. The molecule has 154 valence electrons. The van der Waals surface area contributed by atoms with Crippen molar-refractivity contribution >= 4 is 18.2 Å². The van der Waals surface area contributed by atoms with Gasteiger partial charge in [0.2, 0.25) is 6.79 Å². The number of nitrogens with two attached hydrogens (primary N) is 1. The first-order valence-electron chi connectivity index (χ1n) is 9.21. The second-order valence-electron chi connectivity index (χ2n) is 6.66. The van der Waals surface area contributed by atoms with Crippen LogP contribution in [0.2, 0.25) is 0 Å². The first kappa shape index (κ1) is 20.9. The third-order valence-corrected chi connectivity index (χ3v) is 4.74. The fourth-order valence-electron chi connectivity index (χ4n) is 3.20. The molecule has 0 amide bonds. The van der Waals surface area contributed by atoms with Gasteiger partial charge in [0.25, 0.3) is 0 Å². The molecule has 0 aliphatic carbocycles. The first-order chi connectivity index (χ1) is 13.7. The van der Waals surface area contributed by atoms with Crippen molar-refractivity contribution in [1.82, 2.24) is 20.1 Å². The van der Waals surface area contributed by atoms with Crippen molar-refractivity contribution in [2.45, 2.75) is 18.9 Å². The molecule has 0 saturated carbocycles. The number of halogens is 2. The van der Waals surface area contributed by atoms with Gasteiger partial charge in [-0.15, -0.1) is 12.4 Å². The van der Waals surface area contributed by atoms with Crippen LogP contribution in [-0.4, -0.2) is 34.6 Å². The number of nitrogen functional groups attached to an aromatic ring is 1. The van der Waals surface area contributed by atoms with Gasteiger partial charge in [-0.3, -0.25) is 4.68 Å². The average molecular weight is 420 g/mol. The maximum atomic E-state index is 13.2. The van der Waals surface area contributed by atoms with Gasteiger partial charge in [-0.05, 0) is 44.1 Å². The summed E-state index contributed by atoms with van der Waals surface area (Å²) in [5.41, 5.74) is 7.72. The van der Waals surface area contributed by atoms with E-state index in [9.17, 15) is 4.39 Å². The zero-order chi connectivity index (χ0) is 19.3. The monoisotopic (exact) mass is 419 g/mol. The van der Waals surface area contributed by atoms with Crippen LogP contribution < -0.4 is 20.5 Å². The topological polar surface area (TPSA) is 87.2 Å². The van der Waals surface area contributed by atoms with Crippen LogP contribution in [0.4, 0.5) is 10.2 Å². The summed E-state index contributed by atoms with van der Waals surface area (Å²) in [4.78, 5) is 4.21. The summed E-state index contributed by atoms with van der Waals surface area (Å²) in [7, 11) is 0. The average Bonchev–Trinajstić information content (AvgIpc) is 3.20. The van der Waals surface area contributed by atoms with Gasteiger partial charge in [0.15, 0.2) is 11.6 Å². The highest BCUT2D eigenvalue weighted by Gasteiger charge is 2.16. The minimum atomic E-state index is -0.369. The molecule has 0 unspecified atom stereocenters. The van der Waals surface area contributed by atoms with Crippen LogP contribution in [0, 0.1) is 5.82 Å². The van der Waals surface area contributed by atoms with Crippen LogP contribution in [0.15, 0.2) is 48.9 Å². The van der Waals surface area contributed by atoms with E-state index in [4.69, 9.17) is 15.2 Å². The van der Waals surface area contributed by atoms with Crippen molar-refractivity contribution in [3.8, 4) is 22.6 Å². The molecule has 3 aromatic rings. The van der Waals surface area contributed by atoms with E-state index in [-0.39, 0.29) is 30.8 Å². The van der Waals surface area contributed by atoms with Gasteiger partial charge in [0.05, 0.1) is 12.2 Å². The van der Waals surface area contributed by atoms with E-state index in [0.717, 1.165) is 37.1 Å². The van der Waals surface area contributed by atoms with E-state index in [1.54, 1.807) is 24.4 Å². The summed E-state index contributed by atoms with van der Waals surface area (Å²) in [6.45, 7) is 1.91. The molecule has 0 spiro atoms. The number of ether oxygens (including phenoxy) is 2. The Morgan fingerprint density at radius 2 is 1.97 bits per heavy atom. The van der Waals surface area contributed by atoms with Crippen molar-refractivity contribution in [3.63, 3.8) is 0 Å². The molecule has 1 fully saturated rings. The lowest BCUT2D eigenvalue weighted by atomic mass is 10.1. The van der Waals surface area contributed by atoms with Crippen molar-refractivity contribution in [2.75, 3.05) is 25.6 Å². The quantitative estimate of drug-likeness (QED) is 0.595. The number of pyridine rings is 1. The van der Waals surface area contributed by atoms with Crippen molar-refractivity contribution in [2.24, 2.45) is 0 Å². The number of benzene rings is 1. The summed E-state index contributed by atoms with van der Waals surface area (Å²) < 4.78 is 26.2. The minimum Gasteiger partial charge on any atom is -0.457 e. The van der Waals surface area contributed by atoms with Crippen molar-refractivity contribution < 1.29 is 13.9 Å². The van der Waals surface area contributed by atoms with E-state index < -0.39 is 0 Å². The van der Waals surface area contributed by atoms with E-state index in [2.05, 4.69) is 15.4 Å². The van der Waals surface area contributed by atoms with E-state index >= 15 is 0 Å². The maximum Gasteiger partial charge on any atom is 0.231 e. The van der Waals surface area contributed by atoms with Crippen LogP contribution in [-0.2, 0) is 0 Å². The van der Waals surface area contributed by atoms with Crippen molar-refractivity contribution in [3.05, 3.63) is 54.7 Å². The van der Waals surface area contributed by atoms with Gasteiger partial charge in [-0.25, -0.2) is 9.37 Å². The second kappa shape index (κ2) is 9.58. The number of hydrogen-bond donors (Lipinski definition) is 2. The molecule has 0 bridgehead atoms. The van der Waals surface area contributed by atoms with Crippen LogP contribution in [0.25, 0.3) is 11.1 Å². The lowest BCUT2D eigenvalue weighted by Gasteiger charge is -2.22. The molecule has 29 heavy (non-hydrogen) atoms. The Bertz CT molecular complexity index is 946. The highest BCUT2D eigenvalue weighted by molar-refractivity contribution is 5.85. The second-order valence-corrected chi connectivity index (χ2v) is 6.66. The molecule has 1 aliphatic heterocycles. The summed E-state index contributed by atoms with van der Waals surface area (Å²) in [5.74, 6) is 0.679. The molecular formula is C20H23ClFN5O2. The van der Waals surface area contributed by atoms with Gasteiger partial charge in [0.1, 0.15) is 11.6 Å². The van der Waals surface area contributed by atoms with E-state index in [1.165, 1.54) is 12.1 Å². The SMILES string of the molecule is Cl.Nc1ncc(-c2cnn(C3CCNCC3)c2)cc1OCOc1cccc(F)c1. The molecule has 1 aromatic carbocycles. The number of piperidine rings is 1. The summed E-state index contributed by atoms with van der Waals surface area (Å²) in [6.07, 6.45) is 7.66. The Morgan fingerprint density at radius 3 is 2.76 bits per heavy atom. The Morgan fingerprint density at radius 1 is 1.14 bits per heavy atom. The smallest absolute Gasteiger partial charge is 0.231 e. The third-order valence-electron chi connectivity index (χ3n) is 4.74. The van der Waals surface area contributed by atoms with Crippen LogP contribution in [0.1, 0.15) is 18.9 Å². The zero-order valence-electron chi connectivity index (χ0n) is 15.8. The number of rotatable bonds is 6. The number of aromatic nitrogens is 3. The molecule has 1 saturated heterocycles. The lowest BCUT2D eigenvalue weighted by molar-refractivity contribution is 0.120. The molecule has 0 radical (unpaired) electrons. The molecule has 9 heteroatoms. The van der Waals surface area contributed by atoms with Gasteiger partial charge in [-0.2, -0.15) is 5.10 Å². The third kappa shape index (κ3) is 5.16. The fourth-order valence-corrected chi connectivity index (χ4v) is 3.20. The molecule has 1 aliphatic rings. The molecule has 3 heterocycles. The predicted octanol–water partition coefficient (Wildman–Crippen LogP) is 3.43. The van der Waals surface area contributed by atoms with Gasteiger partial charge < -0.3 is 20.5 Å². The largest absolute Gasteiger partial charge is 0.457 e. The van der Waals surface area contributed by atoms with E-state index in [1.807, 2.05) is 17.1 Å². The summed E-state index contributed by atoms with van der Waals surface area (Å²) in [6, 6.07) is 8.08. The zero-order valence-corrected chi connectivity index (χ0v) is 16.6. The minimum absolute atomic E-state index is 0. The molecule has 2 aromatic heterocycles. The van der Waals surface area contributed by atoms with Gasteiger partial charge in [-0.1, -0.05) is 6.07 Å². The predicted molar refractivity (Wildman–Crippen MR) is 111 cm³/mol. The van der Waals surface area contributed by atoms with Crippen LogP contribution in [0.3, 0.4) is 0 Å².